The van der Waals surface area contributed by atoms with Crippen LogP contribution >= 0.6 is 15.9 Å². The molecular weight excluding hydrogens is 354 g/mol. The minimum Gasteiger partial charge on any atom is -0.445 e. The van der Waals surface area contributed by atoms with Gasteiger partial charge in [-0.05, 0) is 42.0 Å². The van der Waals surface area contributed by atoms with Crippen molar-refractivity contribution >= 4 is 22.0 Å². The molecule has 1 unspecified atom stereocenters. The number of ether oxygens (including phenoxy) is 1. The highest BCUT2D eigenvalue weighted by molar-refractivity contribution is 9.10. The molecule has 0 saturated heterocycles. The third kappa shape index (κ3) is 3.58. The molecule has 2 aromatic carbocycles. The van der Waals surface area contributed by atoms with Gasteiger partial charge in [-0.1, -0.05) is 58.4 Å². The number of carbonyl (C=O) groups is 1. The SMILES string of the molecule is CN(C(=O)OCc1ccccc1)C1CCCc2c(Br)cccc21. The summed E-state index contributed by atoms with van der Waals surface area (Å²) in [4.78, 5) is 14.1. The zero-order valence-electron chi connectivity index (χ0n) is 13.2. The molecule has 0 saturated carbocycles. The van der Waals surface area contributed by atoms with Gasteiger partial charge in [0.1, 0.15) is 6.61 Å². The molecule has 0 N–H and O–H groups in total. The van der Waals surface area contributed by atoms with Gasteiger partial charge in [0.15, 0.2) is 0 Å². The van der Waals surface area contributed by atoms with Crippen molar-refractivity contribution in [2.45, 2.75) is 31.9 Å². The zero-order valence-corrected chi connectivity index (χ0v) is 14.8. The normalized spacial score (nSPS) is 16.5. The predicted octanol–water partition coefficient (Wildman–Crippen LogP) is 5.10. The summed E-state index contributed by atoms with van der Waals surface area (Å²) >= 11 is 3.62. The highest BCUT2D eigenvalue weighted by atomic mass is 79.9. The Kier molecular flexibility index (Phi) is 5.01. The van der Waals surface area contributed by atoms with Gasteiger partial charge in [0.25, 0.3) is 0 Å². The first kappa shape index (κ1) is 16.1. The van der Waals surface area contributed by atoms with Crippen LogP contribution in [0.3, 0.4) is 0 Å². The third-order valence-corrected chi connectivity index (χ3v) is 5.12. The van der Waals surface area contributed by atoms with Crippen LogP contribution < -0.4 is 0 Å². The number of rotatable bonds is 3. The van der Waals surface area contributed by atoms with Crippen molar-refractivity contribution in [3.05, 3.63) is 69.7 Å². The van der Waals surface area contributed by atoms with Crippen molar-refractivity contribution < 1.29 is 9.53 Å². The Balaban J connectivity index is 1.70. The van der Waals surface area contributed by atoms with Gasteiger partial charge in [0.05, 0.1) is 6.04 Å². The van der Waals surface area contributed by atoms with Crippen LogP contribution in [0.25, 0.3) is 0 Å². The summed E-state index contributed by atoms with van der Waals surface area (Å²) in [7, 11) is 1.83. The fourth-order valence-corrected chi connectivity index (χ4v) is 3.71. The second-order valence-electron chi connectivity index (χ2n) is 5.87. The van der Waals surface area contributed by atoms with E-state index in [1.807, 2.05) is 43.4 Å². The number of benzene rings is 2. The van der Waals surface area contributed by atoms with Crippen molar-refractivity contribution in [3.63, 3.8) is 0 Å². The lowest BCUT2D eigenvalue weighted by molar-refractivity contribution is 0.0876. The maximum atomic E-state index is 12.4. The minimum absolute atomic E-state index is 0.0829. The molecule has 0 aromatic heterocycles. The number of hydrogen-bond donors (Lipinski definition) is 0. The number of halogens is 1. The molecule has 1 aliphatic carbocycles. The van der Waals surface area contributed by atoms with Gasteiger partial charge in [0.2, 0.25) is 0 Å². The second-order valence-corrected chi connectivity index (χ2v) is 6.72. The lowest BCUT2D eigenvalue weighted by Gasteiger charge is -2.33. The van der Waals surface area contributed by atoms with E-state index < -0.39 is 0 Å². The fraction of sp³-hybridized carbons (Fsp3) is 0.316. The van der Waals surface area contributed by atoms with E-state index in [1.165, 1.54) is 11.1 Å². The molecular formula is C19H20BrNO2. The standard InChI is InChI=1S/C19H20BrNO2/c1-21(19(22)23-13-14-7-3-2-4-8-14)18-12-6-9-15-16(18)10-5-11-17(15)20/h2-5,7-8,10-11,18H,6,9,12-13H2,1H3. The predicted molar refractivity (Wildman–Crippen MR) is 94.2 cm³/mol. The second kappa shape index (κ2) is 7.18. The van der Waals surface area contributed by atoms with Crippen molar-refractivity contribution in [2.24, 2.45) is 0 Å². The largest absolute Gasteiger partial charge is 0.445 e. The number of nitrogens with zero attached hydrogens (tertiary/aromatic N) is 1. The Morgan fingerprint density at radius 3 is 2.78 bits per heavy atom. The average Bonchev–Trinajstić information content (AvgIpc) is 2.60. The lowest BCUT2D eigenvalue weighted by Crippen LogP contribution is -2.33. The van der Waals surface area contributed by atoms with Crippen LogP contribution in [-0.2, 0) is 17.8 Å². The monoisotopic (exact) mass is 373 g/mol. The molecule has 1 atom stereocenters. The Hall–Kier alpha value is -1.81. The van der Waals surface area contributed by atoms with Crippen LogP contribution in [0.15, 0.2) is 53.0 Å². The highest BCUT2D eigenvalue weighted by Gasteiger charge is 2.28. The molecule has 0 spiro atoms. The van der Waals surface area contributed by atoms with Crippen LogP contribution in [0.5, 0.6) is 0 Å². The molecule has 1 aliphatic rings. The van der Waals surface area contributed by atoms with Gasteiger partial charge in [-0.3, -0.25) is 0 Å². The maximum absolute atomic E-state index is 12.4. The summed E-state index contributed by atoms with van der Waals surface area (Å²) < 4.78 is 6.59. The molecule has 3 nitrogen and oxygen atoms in total. The van der Waals surface area contributed by atoms with Crippen molar-refractivity contribution in [1.29, 1.82) is 0 Å². The first-order valence-electron chi connectivity index (χ1n) is 7.87. The Labute approximate surface area is 145 Å². The van der Waals surface area contributed by atoms with Crippen LogP contribution in [0.2, 0.25) is 0 Å². The summed E-state index contributed by atoms with van der Waals surface area (Å²) in [5.41, 5.74) is 3.54. The number of fused-ring (bicyclic) bond motifs is 1. The van der Waals surface area contributed by atoms with Crippen molar-refractivity contribution in [3.8, 4) is 0 Å². The molecule has 23 heavy (non-hydrogen) atoms. The van der Waals surface area contributed by atoms with E-state index in [1.54, 1.807) is 4.90 Å². The molecule has 0 radical (unpaired) electrons. The molecule has 0 bridgehead atoms. The molecule has 1 amide bonds. The van der Waals surface area contributed by atoms with Crippen molar-refractivity contribution in [2.75, 3.05) is 7.05 Å². The Morgan fingerprint density at radius 1 is 1.22 bits per heavy atom. The van der Waals surface area contributed by atoms with Gasteiger partial charge in [0, 0.05) is 11.5 Å². The van der Waals surface area contributed by atoms with E-state index in [0.29, 0.717) is 6.61 Å². The smallest absolute Gasteiger partial charge is 0.410 e. The van der Waals surface area contributed by atoms with Crippen LogP contribution in [0.4, 0.5) is 4.79 Å². The van der Waals surface area contributed by atoms with E-state index in [9.17, 15) is 4.79 Å². The van der Waals surface area contributed by atoms with Gasteiger partial charge in [-0.2, -0.15) is 0 Å². The van der Waals surface area contributed by atoms with Gasteiger partial charge >= 0.3 is 6.09 Å². The van der Waals surface area contributed by atoms with E-state index in [4.69, 9.17) is 4.74 Å². The summed E-state index contributed by atoms with van der Waals surface area (Å²) in [6.45, 7) is 0.308. The molecule has 120 valence electrons. The van der Waals surface area contributed by atoms with Gasteiger partial charge < -0.3 is 9.64 Å². The van der Waals surface area contributed by atoms with Gasteiger partial charge in [-0.15, -0.1) is 0 Å². The van der Waals surface area contributed by atoms with Crippen LogP contribution in [0, 0.1) is 0 Å². The third-order valence-electron chi connectivity index (χ3n) is 4.38. The summed E-state index contributed by atoms with van der Waals surface area (Å²) in [6.07, 6.45) is 2.84. The van der Waals surface area contributed by atoms with Crippen molar-refractivity contribution in [1.82, 2.24) is 4.90 Å². The van der Waals surface area contributed by atoms with E-state index >= 15 is 0 Å². The number of carbonyl (C=O) groups excluding carboxylic acids is 1. The first-order chi connectivity index (χ1) is 11.2. The molecule has 0 heterocycles. The minimum atomic E-state index is -0.272. The van der Waals surface area contributed by atoms with Crippen LogP contribution in [-0.4, -0.2) is 18.0 Å². The lowest BCUT2D eigenvalue weighted by atomic mass is 9.87. The highest BCUT2D eigenvalue weighted by Crippen LogP contribution is 2.37. The van der Waals surface area contributed by atoms with E-state index in [0.717, 1.165) is 29.3 Å². The molecule has 3 rings (SSSR count). The van der Waals surface area contributed by atoms with E-state index in [-0.39, 0.29) is 12.1 Å². The molecule has 0 fully saturated rings. The van der Waals surface area contributed by atoms with E-state index in [2.05, 4.69) is 28.1 Å². The maximum Gasteiger partial charge on any atom is 0.410 e. The Bertz CT molecular complexity index is 687. The quantitative estimate of drug-likeness (QED) is 0.749. The van der Waals surface area contributed by atoms with Gasteiger partial charge in [-0.25, -0.2) is 4.79 Å². The molecule has 4 heteroatoms. The zero-order chi connectivity index (χ0) is 16.2. The molecule has 0 aliphatic heterocycles. The summed E-state index contributed by atoms with van der Waals surface area (Å²) in [6, 6.07) is 16.1. The average molecular weight is 374 g/mol. The number of hydrogen-bond acceptors (Lipinski definition) is 2. The fourth-order valence-electron chi connectivity index (χ4n) is 3.13. The topological polar surface area (TPSA) is 29.5 Å². The number of amides is 1. The summed E-state index contributed by atoms with van der Waals surface area (Å²) in [5.74, 6) is 0. The summed E-state index contributed by atoms with van der Waals surface area (Å²) in [5, 5.41) is 0. The van der Waals surface area contributed by atoms with Crippen LogP contribution in [0.1, 0.15) is 35.6 Å². The first-order valence-corrected chi connectivity index (χ1v) is 8.67. The molecule has 2 aromatic rings. The Morgan fingerprint density at radius 2 is 2.00 bits per heavy atom.